The molecule has 2 aromatic rings. The summed E-state index contributed by atoms with van der Waals surface area (Å²) in [4.78, 5) is 14.7. The highest BCUT2D eigenvalue weighted by molar-refractivity contribution is 5.70. The number of hydrogen-bond donors (Lipinski definition) is 1. The van der Waals surface area contributed by atoms with Crippen LogP contribution in [-0.4, -0.2) is 53.1 Å². The third kappa shape index (κ3) is 4.11. The Bertz CT molecular complexity index is 977. The average Bonchev–Trinajstić information content (AvgIpc) is 3.17. The largest absolute Gasteiger partial charge is 0.444 e. The molecule has 31 heavy (non-hydrogen) atoms. The monoisotopic (exact) mass is 427 g/mol. The molecule has 0 saturated carbocycles. The molecule has 4 rings (SSSR count). The van der Waals surface area contributed by atoms with E-state index in [9.17, 15) is 9.18 Å². The second-order valence-corrected chi connectivity index (χ2v) is 9.34. The van der Waals surface area contributed by atoms with Crippen LogP contribution >= 0.6 is 0 Å². The maximum Gasteiger partial charge on any atom is 0.410 e. The molecule has 2 aliphatic rings. The molecule has 1 fully saturated rings. The van der Waals surface area contributed by atoms with Crippen molar-refractivity contribution in [1.82, 2.24) is 15.1 Å². The summed E-state index contributed by atoms with van der Waals surface area (Å²) in [5, 5.41) is 7.37. The topological polar surface area (TPSA) is 67.4 Å². The maximum atomic E-state index is 13.7. The number of rotatable bonds is 4. The van der Waals surface area contributed by atoms with E-state index >= 15 is 0 Å². The number of amides is 1. The number of ether oxygens (including phenoxy) is 2. The lowest BCUT2D eigenvalue weighted by molar-refractivity contribution is -0.00837. The van der Waals surface area contributed by atoms with Crippen LogP contribution in [0, 0.1) is 11.2 Å². The lowest BCUT2D eigenvalue weighted by Gasteiger charge is -2.50. The number of halogens is 1. The van der Waals surface area contributed by atoms with Crippen molar-refractivity contribution in [2.45, 2.75) is 45.6 Å². The number of H-pyrrole nitrogens is 1. The fourth-order valence-electron chi connectivity index (χ4n) is 4.78. The number of hydrogen-bond acceptors (Lipinski definition) is 4. The molecule has 1 aliphatic carbocycles. The molecule has 2 atom stereocenters. The van der Waals surface area contributed by atoms with Crippen LogP contribution in [0.1, 0.15) is 56.9 Å². The van der Waals surface area contributed by atoms with Crippen molar-refractivity contribution in [3.8, 4) is 0 Å². The highest BCUT2D eigenvalue weighted by atomic mass is 19.1. The van der Waals surface area contributed by atoms with Gasteiger partial charge in [0.25, 0.3) is 0 Å². The Kier molecular flexibility index (Phi) is 5.64. The number of piperidine rings is 1. The maximum absolute atomic E-state index is 13.7. The predicted octanol–water partition coefficient (Wildman–Crippen LogP) is 4.74. The van der Waals surface area contributed by atoms with Crippen molar-refractivity contribution >= 4 is 12.2 Å². The Morgan fingerprint density at radius 2 is 2.06 bits per heavy atom. The summed E-state index contributed by atoms with van der Waals surface area (Å²) in [6.07, 6.45) is 4.37. The molecule has 0 radical (unpaired) electrons. The van der Waals surface area contributed by atoms with Crippen molar-refractivity contribution in [1.29, 1.82) is 0 Å². The summed E-state index contributed by atoms with van der Waals surface area (Å²) >= 11 is 0. The van der Waals surface area contributed by atoms with Crippen LogP contribution < -0.4 is 0 Å². The number of nitrogens with one attached hydrogen (secondary N) is 1. The number of nitrogens with zero attached hydrogens (tertiary/aromatic N) is 2. The number of carbonyl (C=O) groups excluding carboxylic acids is 1. The average molecular weight is 428 g/mol. The fourth-order valence-corrected chi connectivity index (χ4v) is 4.78. The van der Waals surface area contributed by atoms with Gasteiger partial charge in [-0.3, -0.25) is 5.10 Å². The van der Waals surface area contributed by atoms with Gasteiger partial charge in [0.2, 0.25) is 0 Å². The molecule has 1 N–H and O–H groups in total. The zero-order chi connectivity index (χ0) is 22.2. The van der Waals surface area contributed by atoms with E-state index in [4.69, 9.17) is 9.47 Å². The number of aromatic amines is 1. The van der Waals surface area contributed by atoms with Gasteiger partial charge in [0.1, 0.15) is 11.4 Å². The molecule has 1 amide bonds. The molecule has 0 spiro atoms. The number of fused-ring (bicyclic) bond motifs is 2. The zero-order valence-electron chi connectivity index (χ0n) is 18.6. The molecule has 1 saturated heterocycles. The Morgan fingerprint density at radius 1 is 1.32 bits per heavy atom. The lowest BCUT2D eigenvalue weighted by Crippen LogP contribution is -2.54. The van der Waals surface area contributed by atoms with Crippen LogP contribution in [0.3, 0.4) is 0 Å². The van der Waals surface area contributed by atoms with Gasteiger partial charge in [-0.2, -0.15) is 5.10 Å². The minimum atomic E-state index is -0.569. The van der Waals surface area contributed by atoms with Gasteiger partial charge >= 0.3 is 6.09 Å². The smallest absolute Gasteiger partial charge is 0.410 e. The first kappa shape index (κ1) is 21.6. The molecule has 166 valence electrons. The Balaban J connectivity index is 1.80. The Morgan fingerprint density at radius 3 is 2.74 bits per heavy atom. The number of benzene rings is 1. The first-order chi connectivity index (χ1) is 14.7. The first-order valence-electron chi connectivity index (χ1n) is 10.8. The molecule has 2 heterocycles. The zero-order valence-corrected chi connectivity index (χ0v) is 18.6. The van der Waals surface area contributed by atoms with E-state index < -0.39 is 11.0 Å². The predicted molar refractivity (Wildman–Crippen MR) is 116 cm³/mol. The van der Waals surface area contributed by atoms with Crippen molar-refractivity contribution in [3.05, 3.63) is 58.7 Å². The van der Waals surface area contributed by atoms with Gasteiger partial charge < -0.3 is 14.4 Å². The minimum Gasteiger partial charge on any atom is -0.444 e. The van der Waals surface area contributed by atoms with E-state index in [0.29, 0.717) is 32.7 Å². The number of carbonyl (C=O) groups is 1. The second-order valence-electron chi connectivity index (χ2n) is 9.34. The Hall–Kier alpha value is -2.67. The van der Waals surface area contributed by atoms with E-state index in [1.807, 2.05) is 46.0 Å². The molecular weight excluding hydrogens is 397 g/mol. The first-order valence-corrected chi connectivity index (χ1v) is 10.8. The Labute approximate surface area is 182 Å². The van der Waals surface area contributed by atoms with Crippen molar-refractivity contribution < 1.29 is 18.7 Å². The highest BCUT2D eigenvalue weighted by Gasteiger charge is 2.51. The van der Waals surface area contributed by atoms with Crippen LogP contribution in [-0.2, 0) is 9.47 Å². The van der Waals surface area contributed by atoms with Gasteiger partial charge in [-0.05, 0) is 57.9 Å². The molecule has 1 aliphatic heterocycles. The van der Waals surface area contributed by atoms with E-state index in [1.165, 1.54) is 17.7 Å². The number of aromatic nitrogens is 2. The van der Waals surface area contributed by atoms with Gasteiger partial charge in [-0.15, -0.1) is 0 Å². The summed E-state index contributed by atoms with van der Waals surface area (Å²) in [6, 6.07) is 6.60. The van der Waals surface area contributed by atoms with Crippen molar-refractivity contribution in [2.75, 3.05) is 26.3 Å². The lowest BCUT2D eigenvalue weighted by atomic mass is 9.60. The minimum absolute atomic E-state index is 0.126. The van der Waals surface area contributed by atoms with Crippen LogP contribution in [0.15, 0.2) is 36.0 Å². The van der Waals surface area contributed by atoms with Crippen LogP contribution in [0.5, 0.6) is 0 Å². The summed E-state index contributed by atoms with van der Waals surface area (Å²) in [5.41, 5.74) is 3.12. The summed E-state index contributed by atoms with van der Waals surface area (Å²) < 4.78 is 25.4. The van der Waals surface area contributed by atoms with Gasteiger partial charge in [0.05, 0.1) is 18.5 Å². The number of likely N-dealkylation sites (tertiary alicyclic amines) is 1. The summed E-state index contributed by atoms with van der Waals surface area (Å²) in [7, 11) is 0. The van der Waals surface area contributed by atoms with Crippen LogP contribution in [0.4, 0.5) is 9.18 Å². The fraction of sp³-hybridized carbons (Fsp3) is 0.500. The molecule has 6 nitrogen and oxygen atoms in total. The normalized spacial score (nSPS) is 23.1. The van der Waals surface area contributed by atoms with Crippen LogP contribution in [0.2, 0.25) is 0 Å². The molecular formula is C24H30FN3O3. The van der Waals surface area contributed by atoms with E-state index in [2.05, 4.69) is 16.3 Å². The second kappa shape index (κ2) is 8.11. The quantitative estimate of drug-likeness (QED) is 0.765. The summed E-state index contributed by atoms with van der Waals surface area (Å²) in [5.74, 6) is -0.403. The van der Waals surface area contributed by atoms with Gasteiger partial charge in [0, 0.05) is 36.6 Å². The van der Waals surface area contributed by atoms with E-state index in [1.54, 1.807) is 4.90 Å². The standard InChI is InChI=1S/C24H30FN3O3/c1-5-30-15-24-14-28(22(29)31-23(2,3)4)11-10-17(24)12-20-19(13-26-27-20)21(24)16-6-8-18(25)9-7-16/h6-9,12-13,21H,5,10-11,14-15H2,1-4H3,(H,26,27)/t21?,24-/m0/s1. The van der Waals surface area contributed by atoms with E-state index in [0.717, 1.165) is 16.8 Å². The molecule has 7 heteroatoms. The highest BCUT2D eigenvalue weighted by Crippen LogP contribution is 2.54. The van der Waals surface area contributed by atoms with Gasteiger partial charge in [-0.25, -0.2) is 9.18 Å². The van der Waals surface area contributed by atoms with Gasteiger partial charge in [-0.1, -0.05) is 17.7 Å². The van der Waals surface area contributed by atoms with Crippen LogP contribution in [0.25, 0.3) is 6.08 Å². The van der Waals surface area contributed by atoms with E-state index in [-0.39, 0.29) is 17.8 Å². The van der Waals surface area contributed by atoms with Gasteiger partial charge in [0.15, 0.2) is 0 Å². The molecule has 0 bridgehead atoms. The summed E-state index contributed by atoms with van der Waals surface area (Å²) in [6.45, 7) is 9.63. The molecule has 1 aromatic heterocycles. The SMILES string of the molecule is CCOC[C@@]12CN(C(=O)OC(C)(C)C)CCC1=Cc1[nH]ncc1C2c1ccc(F)cc1. The molecule has 1 unspecified atom stereocenters. The third-order valence-corrected chi connectivity index (χ3v) is 6.06. The third-order valence-electron chi connectivity index (χ3n) is 6.06. The molecule has 1 aromatic carbocycles. The van der Waals surface area contributed by atoms with Crippen molar-refractivity contribution in [2.24, 2.45) is 5.41 Å². The van der Waals surface area contributed by atoms with Crippen molar-refractivity contribution in [3.63, 3.8) is 0 Å².